The van der Waals surface area contributed by atoms with Crippen LogP contribution in [0, 0.1) is 0 Å². The minimum atomic E-state index is -0.128. The molecule has 0 unspecified atom stereocenters. The zero-order valence-corrected chi connectivity index (χ0v) is 14.2. The highest BCUT2D eigenvalue weighted by molar-refractivity contribution is 9.10. The molecule has 2 aliphatic heterocycles. The molecule has 0 aliphatic carbocycles. The molecule has 1 amide bonds. The van der Waals surface area contributed by atoms with E-state index >= 15 is 0 Å². The average Bonchev–Trinajstić information content (AvgIpc) is 2.83. The zero-order chi connectivity index (χ0) is 14.8. The second kappa shape index (κ2) is 6.34. The third-order valence-electron chi connectivity index (χ3n) is 3.55. The number of carbonyl (C=O) groups is 1. The Morgan fingerprint density at radius 3 is 2.52 bits per heavy atom. The van der Waals surface area contributed by atoms with Crippen LogP contribution in [0.15, 0.2) is 38.6 Å². The van der Waals surface area contributed by atoms with Crippen molar-refractivity contribution in [3.05, 3.63) is 39.2 Å². The van der Waals surface area contributed by atoms with Crippen molar-refractivity contribution in [2.24, 2.45) is 4.99 Å². The Balaban J connectivity index is 1.71. The van der Waals surface area contributed by atoms with Gasteiger partial charge in [-0.05, 0) is 42.6 Å². The molecule has 0 N–H and O–H groups in total. The van der Waals surface area contributed by atoms with E-state index in [1.807, 2.05) is 30.3 Å². The number of piperazine rings is 1. The minimum absolute atomic E-state index is 0.128. The van der Waals surface area contributed by atoms with Crippen LogP contribution in [0.1, 0.15) is 5.56 Å². The number of halogens is 1. The average molecular weight is 366 g/mol. The number of hydrogen-bond donors (Lipinski definition) is 0. The molecule has 6 heteroatoms. The second-order valence-corrected chi connectivity index (χ2v) is 7.08. The van der Waals surface area contributed by atoms with Gasteiger partial charge in [-0.2, -0.15) is 4.99 Å². The quantitative estimate of drug-likeness (QED) is 0.716. The lowest BCUT2D eigenvalue weighted by atomic mass is 10.2. The molecule has 2 aliphatic rings. The maximum absolute atomic E-state index is 12.0. The van der Waals surface area contributed by atoms with Gasteiger partial charge in [0.2, 0.25) is 0 Å². The minimum Gasteiger partial charge on any atom is -0.348 e. The van der Waals surface area contributed by atoms with E-state index in [2.05, 4.69) is 37.8 Å². The van der Waals surface area contributed by atoms with Gasteiger partial charge in [-0.1, -0.05) is 28.1 Å². The van der Waals surface area contributed by atoms with Crippen LogP contribution in [0.4, 0.5) is 0 Å². The van der Waals surface area contributed by atoms with Gasteiger partial charge >= 0.3 is 0 Å². The van der Waals surface area contributed by atoms with Crippen LogP contribution >= 0.6 is 27.7 Å². The number of benzene rings is 1. The van der Waals surface area contributed by atoms with Crippen LogP contribution in [0.3, 0.4) is 0 Å². The molecule has 21 heavy (non-hydrogen) atoms. The van der Waals surface area contributed by atoms with Gasteiger partial charge in [0.05, 0.1) is 4.91 Å². The monoisotopic (exact) mass is 365 g/mol. The summed E-state index contributed by atoms with van der Waals surface area (Å²) in [6, 6.07) is 7.91. The van der Waals surface area contributed by atoms with E-state index in [1.165, 1.54) is 11.8 Å². The van der Waals surface area contributed by atoms with E-state index < -0.39 is 0 Å². The number of hydrogen-bond acceptors (Lipinski definition) is 4. The molecule has 0 bridgehead atoms. The van der Waals surface area contributed by atoms with E-state index in [0.717, 1.165) is 41.4 Å². The number of amidine groups is 1. The number of likely N-dealkylation sites (N-methyl/N-ethyl adjacent to an activating group) is 1. The first-order chi connectivity index (χ1) is 10.1. The molecule has 0 aromatic heterocycles. The molecule has 0 atom stereocenters. The Morgan fingerprint density at radius 2 is 1.86 bits per heavy atom. The van der Waals surface area contributed by atoms with Crippen LogP contribution in [-0.4, -0.2) is 54.1 Å². The van der Waals surface area contributed by atoms with Crippen molar-refractivity contribution in [3.8, 4) is 0 Å². The summed E-state index contributed by atoms with van der Waals surface area (Å²) in [6.07, 6.45) is 1.91. The van der Waals surface area contributed by atoms with Gasteiger partial charge in [0.25, 0.3) is 5.91 Å². The van der Waals surface area contributed by atoms with Crippen molar-refractivity contribution in [2.75, 3.05) is 33.2 Å². The SMILES string of the molecule is CN1CCN(C2=NC(=O)/C(=C/c3ccc(Br)cc3)S2)CC1. The molecule has 1 fully saturated rings. The molecule has 2 heterocycles. The lowest BCUT2D eigenvalue weighted by molar-refractivity contribution is -0.113. The number of thioether (sulfide) groups is 1. The highest BCUT2D eigenvalue weighted by atomic mass is 79.9. The number of aliphatic imine (C=N–C) groups is 1. The van der Waals surface area contributed by atoms with Gasteiger partial charge in [-0.15, -0.1) is 0 Å². The summed E-state index contributed by atoms with van der Waals surface area (Å²) in [7, 11) is 2.12. The van der Waals surface area contributed by atoms with Gasteiger partial charge in [0, 0.05) is 30.7 Å². The molecule has 0 spiro atoms. The molecule has 1 saturated heterocycles. The molecule has 110 valence electrons. The number of rotatable bonds is 1. The predicted molar refractivity (Wildman–Crippen MR) is 91.2 cm³/mol. The van der Waals surface area contributed by atoms with E-state index in [-0.39, 0.29) is 5.91 Å². The Bertz CT molecular complexity index is 604. The van der Waals surface area contributed by atoms with Gasteiger partial charge in [0.1, 0.15) is 0 Å². The summed E-state index contributed by atoms with van der Waals surface area (Å²) in [4.78, 5) is 21.4. The van der Waals surface area contributed by atoms with E-state index in [4.69, 9.17) is 0 Å². The van der Waals surface area contributed by atoms with Crippen LogP contribution in [0.25, 0.3) is 6.08 Å². The number of carbonyl (C=O) groups excluding carboxylic acids is 1. The molecule has 0 saturated carbocycles. The molecule has 4 nitrogen and oxygen atoms in total. The summed E-state index contributed by atoms with van der Waals surface area (Å²) >= 11 is 4.89. The molecular weight excluding hydrogens is 350 g/mol. The zero-order valence-electron chi connectivity index (χ0n) is 11.8. The van der Waals surface area contributed by atoms with Crippen molar-refractivity contribution in [1.82, 2.24) is 9.80 Å². The summed E-state index contributed by atoms with van der Waals surface area (Å²) in [5, 5.41) is 0.844. The first-order valence-electron chi connectivity index (χ1n) is 6.83. The third-order valence-corrected chi connectivity index (χ3v) is 5.12. The normalized spacial score (nSPS) is 22.0. The Hall–Kier alpha value is -1.11. The largest absolute Gasteiger partial charge is 0.348 e. The topological polar surface area (TPSA) is 35.9 Å². The van der Waals surface area contributed by atoms with Crippen molar-refractivity contribution >= 4 is 44.8 Å². The van der Waals surface area contributed by atoms with Crippen LogP contribution in [0.5, 0.6) is 0 Å². The first-order valence-corrected chi connectivity index (χ1v) is 8.44. The Kier molecular flexibility index (Phi) is 4.47. The summed E-state index contributed by atoms with van der Waals surface area (Å²) in [5.41, 5.74) is 1.02. The maximum atomic E-state index is 12.0. The fourth-order valence-corrected chi connectivity index (χ4v) is 3.47. The van der Waals surface area contributed by atoms with Gasteiger partial charge in [-0.25, -0.2) is 0 Å². The van der Waals surface area contributed by atoms with Crippen LogP contribution < -0.4 is 0 Å². The van der Waals surface area contributed by atoms with E-state index in [1.54, 1.807) is 0 Å². The van der Waals surface area contributed by atoms with E-state index in [9.17, 15) is 4.79 Å². The van der Waals surface area contributed by atoms with Crippen molar-refractivity contribution < 1.29 is 4.79 Å². The third kappa shape index (κ3) is 3.56. The fraction of sp³-hybridized carbons (Fsp3) is 0.333. The Labute approximate surface area is 137 Å². The highest BCUT2D eigenvalue weighted by Gasteiger charge is 2.27. The lowest BCUT2D eigenvalue weighted by Gasteiger charge is -2.32. The number of nitrogens with zero attached hydrogens (tertiary/aromatic N) is 3. The standard InChI is InChI=1S/C15H16BrN3OS/c1-18-6-8-19(9-7-18)15-17-14(20)13(21-15)10-11-2-4-12(16)5-3-11/h2-5,10H,6-9H2,1H3/b13-10-. The number of amides is 1. The molecule has 3 rings (SSSR count). The summed E-state index contributed by atoms with van der Waals surface area (Å²) in [5.74, 6) is -0.128. The predicted octanol–water partition coefficient (Wildman–Crippen LogP) is 2.67. The second-order valence-electron chi connectivity index (χ2n) is 5.15. The van der Waals surface area contributed by atoms with E-state index in [0.29, 0.717) is 4.91 Å². The van der Waals surface area contributed by atoms with Crippen LogP contribution in [0.2, 0.25) is 0 Å². The van der Waals surface area contributed by atoms with Gasteiger partial charge in [-0.3, -0.25) is 4.79 Å². The highest BCUT2D eigenvalue weighted by Crippen LogP contribution is 2.30. The molecule has 1 aromatic rings. The summed E-state index contributed by atoms with van der Waals surface area (Å²) < 4.78 is 1.03. The van der Waals surface area contributed by atoms with Crippen LogP contribution in [-0.2, 0) is 4.79 Å². The lowest BCUT2D eigenvalue weighted by Crippen LogP contribution is -2.46. The summed E-state index contributed by atoms with van der Waals surface area (Å²) in [6.45, 7) is 3.89. The molecule has 1 aromatic carbocycles. The van der Waals surface area contributed by atoms with Crippen molar-refractivity contribution in [1.29, 1.82) is 0 Å². The smallest absolute Gasteiger partial charge is 0.286 e. The van der Waals surface area contributed by atoms with Gasteiger partial charge in [0.15, 0.2) is 5.17 Å². The van der Waals surface area contributed by atoms with Gasteiger partial charge < -0.3 is 9.80 Å². The molecule has 0 radical (unpaired) electrons. The maximum Gasteiger partial charge on any atom is 0.286 e. The Morgan fingerprint density at radius 1 is 1.19 bits per heavy atom. The van der Waals surface area contributed by atoms with Crippen molar-refractivity contribution in [3.63, 3.8) is 0 Å². The molecular formula is C15H16BrN3OS. The first kappa shape index (κ1) is 14.8. The fourth-order valence-electron chi connectivity index (χ4n) is 2.24. The van der Waals surface area contributed by atoms with Crippen molar-refractivity contribution in [2.45, 2.75) is 0 Å².